The van der Waals surface area contributed by atoms with Crippen molar-refractivity contribution in [3.05, 3.63) is 36.6 Å². The molecule has 2 rings (SSSR count). The highest BCUT2D eigenvalue weighted by atomic mass is 19.1. The molecule has 1 aromatic rings. The Morgan fingerprint density at radius 3 is 3.07 bits per heavy atom. The molecule has 0 aromatic heterocycles. The summed E-state index contributed by atoms with van der Waals surface area (Å²) in [5, 5.41) is 0. The van der Waals surface area contributed by atoms with Crippen molar-refractivity contribution in [2.24, 2.45) is 0 Å². The van der Waals surface area contributed by atoms with Crippen LogP contribution in [0.15, 0.2) is 31.0 Å². The van der Waals surface area contributed by atoms with Crippen LogP contribution in [0.25, 0.3) is 0 Å². The van der Waals surface area contributed by atoms with Gasteiger partial charge in [0.15, 0.2) is 0 Å². The zero-order chi connectivity index (χ0) is 10.1. The Kier molecular flexibility index (Phi) is 1.96. The Labute approximate surface area is 79.7 Å². The first-order valence-electron chi connectivity index (χ1n) is 3.99. The summed E-state index contributed by atoms with van der Waals surface area (Å²) in [5.74, 6) is 0.0210. The van der Waals surface area contributed by atoms with Gasteiger partial charge < -0.3 is 9.47 Å². The van der Waals surface area contributed by atoms with Gasteiger partial charge in [-0.2, -0.15) is 4.39 Å². The molecule has 1 aliphatic heterocycles. The zero-order valence-corrected chi connectivity index (χ0v) is 7.20. The van der Waals surface area contributed by atoms with Crippen LogP contribution in [0.3, 0.4) is 0 Å². The molecule has 1 aromatic carbocycles. The van der Waals surface area contributed by atoms with Crippen LogP contribution < -0.4 is 9.47 Å². The fraction of sp³-hybridized carbons (Fsp3) is 0.100. The fourth-order valence-corrected chi connectivity index (χ4v) is 1.26. The molecular formula is C10H7FO3. The van der Waals surface area contributed by atoms with Gasteiger partial charge in [0.25, 0.3) is 0 Å². The molecule has 0 N–H and O–H groups in total. The number of ether oxygens (including phenoxy) is 2. The smallest absolute Gasteiger partial charge is 0.301 e. The van der Waals surface area contributed by atoms with Crippen LogP contribution in [0.1, 0.15) is 10.4 Å². The van der Waals surface area contributed by atoms with Gasteiger partial charge in [0, 0.05) is 6.07 Å². The highest BCUT2D eigenvalue weighted by Gasteiger charge is 2.32. The number of rotatable bonds is 2. The molecule has 1 heterocycles. The number of alkyl halides is 1. The summed E-state index contributed by atoms with van der Waals surface area (Å²) in [6, 6.07) is 4.48. The lowest BCUT2D eigenvalue weighted by Gasteiger charge is -2.01. The van der Waals surface area contributed by atoms with Crippen molar-refractivity contribution in [2.75, 3.05) is 0 Å². The third-order valence-electron chi connectivity index (χ3n) is 1.87. The van der Waals surface area contributed by atoms with E-state index in [9.17, 15) is 9.18 Å². The van der Waals surface area contributed by atoms with E-state index in [2.05, 4.69) is 11.3 Å². The molecule has 4 heteroatoms. The van der Waals surface area contributed by atoms with E-state index in [1.807, 2.05) is 0 Å². The minimum absolute atomic E-state index is 0.210. The van der Waals surface area contributed by atoms with Gasteiger partial charge >= 0.3 is 6.36 Å². The van der Waals surface area contributed by atoms with Gasteiger partial charge in [-0.3, -0.25) is 4.79 Å². The molecular weight excluding hydrogens is 187 g/mol. The standard InChI is InChI=1S/C10H7FO3/c1-2-13-6-3-4-7-8(5-6)14-10(11)9(7)12/h2-5,10H,1H2. The quantitative estimate of drug-likeness (QED) is 0.676. The molecule has 1 unspecified atom stereocenters. The molecule has 0 amide bonds. The minimum atomic E-state index is -1.89. The molecule has 3 nitrogen and oxygen atoms in total. The summed E-state index contributed by atoms with van der Waals surface area (Å²) in [7, 11) is 0. The van der Waals surface area contributed by atoms with Crippen molar-refractivity contribution < 1.29 is 18.7 Å². The number of ketones is 1. The highest BCUT2D eigenvalue weighted by molar-refractivity contribution is 6.03. The van der Waals surface area contributed by atoms with Crippen molar-refractivity contribution in [1.82, 2.24) is 0 Å². The zero-order valence-electron chi connectivity index (χ0n) is 7.20. The van der Waals surface area contributed by atoms with Gasteiger partial charge in [-0.05, 0) is 12.1 Å². The molecule has 0 spiro atoms. The molecule has 0 aliphatic carbocycles. The molecule has 0 saturated carbocycles. The molecule has 1 atom stereocenters. The van der Waals surface area contributed by atoms with Crippen molar-refractivity contribution in [3.8, 4) is 11.5 Å². The maximum absolute atomic E-state index is 12.8. The van der Waals surface area contributed by atoms with Crippen LogP contribution >= 0.6 is 0 Å². The van der Waals surface area contributed by atoms with E-state index < -0.39 is 12.1 Å². The molecule has 0 bridgehead atoms. The number of benzene rings is 1. The monoisotopic (exact) mass is 194 g/mol. The third kappa shape index (κ3) is 1.25. The Bertz CT molecular complexity index is 400. The molecule has 1 aliphatic rings. The normalized spacial score (nSPS) is 18.6. The summed E-state index contributed by atoms with van der Waals surface area (Å²) < 4.78 is 22.4. The van der Waals surface area contributed by atoms with E-state index in [0.29, 0.717) is 5.75 Å². The predicted molar refractivity (Wildman–Crippen MR) is 47.1 cm³/mol. The van der Waals surface area contributed by atoms with Crippen molar-refractivity contribution in [1.29, 1.82) is 0 Å². The second-order valence-electron chi connectivity index (χ2n) is 2.74. The minimum Gasteiger partial charge on any atom is -0.465 e. The van der Waals surface area contributed by atoms with E-state index in [0.717, 1.165) is 0 Å². The number of hydrogen-bond donors (Lipinski definition) is 0. The average Bonchev–Trinajstić information content (AvgIpc) is 2.43. The molecule has 72 valence electrons. The van der Waals surface area contributed by atoms with E-state index in [4.69, 9.17) is 4.74 Å². The number of Topliss-reactive ketones (excluding diaryl/α,β-unsaturated/α-hetero) is 1. The summed E-state index contributed by atoms with van der Waals surface area (Å²) in [4.78, 5) is 11.1. The summed E-state index contributed by atoms with van der Waals surface area (Å²) in [5.41, 5.74) is 0.244. The lowest BCUT2D eigenvalue weighted by Crippen LogP contribution is -2.12. The van der Waals surface area contributed by atoms with Crippen LogP contribution in [-0.2, 0) is 0 Å². The van der Waals surface area contributed by atoms with Crippen LogP contribution in [0, 0.1) is 0 Å². The van der Waals surface area contributed by atoms with Gasteiger partial charge in [0.05, 0.1) is 11.8 Å². The van der Waals surface area contributed by atoms with Gasteiger partial charge in [-0.1, -0.05) is 6.58 Å². The van der Waals surface area contributed by atoms with Crippen molar-refractivity contribution in [2.45, 2.75) is 6.36 Å². The van der Waals surface area contributed by atoms with Crippen LogP contribution in [-0.4, -0.2) is 12.1 Å². The average molecular weight is 194 g/mol. The topological polar surface area (TPSA) is 35.5 Å². The van der Waals surface area contributed by atoms with Crippen molar-refractivity contribution in [3.63, 3.8) is 0 Å². The first kappa shape index (κ1) is 8.74. The Morgan fingerprint density at radius 2 is 2.36 bits per heavy atom. The molecule has 0 fully saturated rings. The maximum Gasteiger partial charge on any atom is 0.301 e. The number of carbonyl (C=O) groups is 1. The van der Waals surface area contributed by atoms with Crippen LogP contribution in [0.5, 0.6) is 11.5 Å². The SMILES string of the molecule is C=COc1ccc2c(c1)OC(F)C2=O. The van der Waals surface area contributed by atoms with E-state index in [1.54, 1.807) is 6.07 Å². The summed E-state index contributed by atoms with van der Waals surface area (Å²) in [6.45, 7) is 3.38. The largest absolute Gasteiger partial charge is 0.465 e. The van der Waals surface area contributed by atoms with E-state index in [1.165, 1.54) is 18.4 Å². The van der Waals surface area contributed by atoms with Gasteiger partial charge in [0.1, 0.15) is 11.5 Å². The second-order valence-corrected chi connectivity index (χ2v) is 2.74. The third-order valence-corrected chi connectivity index (χ3v) is 1.87. The fourth-order valence-electron chi connectivity index (χ4n) is 1.26. The van der Waals surface area contributed by atoms with E-state index in [-0.39, 0.29) is 11.3 Å². The van der Waals surface area contributed by atoms with Crippen LogP contribution in [0.2, 0.25) is 0 Å². The maximum atomic E-state index is 12.8. The second kappa shape index (κ2) is 3.14. The lowest BCUT2D eigenvalue weighted by molar-refractivity contribution is 0.0560. The number of fused-ring (bicyclic) bond motifs is 1. The summed E-state index contributed by atoms with van der Waals surface area (Å²) >= 11 is 0. The van der Waals surface area contributed by atoms with Crippen molar-refractivity contribution >= 4 is 5.78 Å². The molecule has 0 radical (unpaired) electrons. The number of carbonyl (C=O) groups excluding carboxylic acids is 1. The Balaban J connectivity index is 2.39. The Hall–Kier alpha value is -1.84. The molecule has 0 saturated heterocycles. The van der Waals surface area contributed by atoms with Gasteiger partial charge in [0.2, 0.25) is 5.78 Å². The highest BCUT2D eigenvalue weighted by Crippen LogP contribution is 2.32. The molecule has 14 heavy (non-hydrogen) atoms. The first-order valence-corrected chi connectivity index (χ1v) is 3.99. The summed E-state index contributed by atoms with van der Waals surface area (Å²) in [6.07, 6.45) is -0.644. The van der Waals surface area contributed by atoms with E-state index >= 15 is 0 Å². The Morgan fingerprint density at radius 1 is 1.57 bits per heavy atom. The van der Waals surface area contributed by atoms with Gasteiger partial charge in [-0.15, -0.1) is 0 Å². The van der Waals surface area contributed by atoms with Crippen LogP contribution in [0.4, 0.5) is 4.39 Å². The first-order chi connectivity index (χ1) is 6.72. The van der Waals surface area contributed by atoms with Gasteiger partial charge in [-0.25, -0.2) is 0 Å². The predicted octanol–water partition coefficient (Wildman–Crippen LogP) is 2.08. The number of halogens is 1. The number of hydrogen-bond acceptors (Lipinski definition) is 3. The lowest BCUT2D eigenvalue weighted by atomic mass is 10.1.